The first kappa shape index (κ1) is 12.3. The number of nitrogens with zero attached hydrogens (tertiary/aromatic N) is 1. The molecule has 0 bridgehead atoms. The molecule has 0 atom stereocenters. The Morgan fingerprint density at radius 1 is 1.58 bits per heavy atom. The molecule has 3 rings (SSSR count). The molecule has 1 aliphatic carbocycles. The molecule has 0 spiro atoms. The van der Waals surface area contributed by atoms with Crippen molar-refractivity contribution in [3.05, 3.63) is 18.2 Å². The summed E-state index contributed by atoms with van der Waals surface area (Å²) in [5.41, 5.74) is 1.76. The number of nitrogens with one attached hydrogen (secondary N) is 2. The zero-order chi connectivity index (χ0) is 13.2. The lowest BCUT2D eigenvalue weighted by atomic mass is 10.3. The van der Waals surface area contributed by atoms with Crippen LogP contribution in [-0.4, -0.2) is 28.9 Å². The molecule has 1 amide bonds. The van der Waals surface area contributed by atoms with Gasteiger partial charge in [-0.25, -0.2) is 9.78 Å². The lowest BCUT2D eigenvalue weighted by Crippen LogP contribution is -2.11. The Kier molecular flexibility index (Phi) is 3.33. The minimum Gasteiger partial charge on any atom is -0.453 e. The number of amides is 1. The van der Waals surface area contributed by atoms with E-state index < -0.39 is 6.09 Å². The lowest BCUT2D eigenvalue weighted by Gasteiger charge is -1.99. The highest BCUT2D eigenvalue weighted by Gasteiger charge is 2.21. The molecule has 100 valence electrons. The third-order valence-electron chi connectivity index (χ3n) is 3.04. The van der Waals surface area contributed by atoms with Crippen molar-refractivity contribution in [2.75, 3.05) is 18.2 Å². The molecule has 0 saturated heterocycles. The molecule has 0 aliphatic heterocycles. The molecule has 0 unspecified atom stereocenters. The first-order chi connectivity index (χ1) is 9.24. The Hall–Kier alpha value is -1.69. The van der Waals surface area contributed by atoms with E-state index in [1.54, 1.807) is 0 Å². The third kappa shape index (κ3) is 3.01. The maximum absolute atomic E-state index is 11.1. The number of imidazole rings is 1. The van der Waals surface area contributed by atoms with Crippen LogP contribution in [0.1, 0.15) is 12.8 Å². The Labute approximate surface area is 115 Å². The molecule has 1 fully saturated rings. The highest BCUT2D eigenvalue weighted by molar-refractivity contribution is 7.99. The minimum absolute atomic E-state index is 0.409. The molecule has 1 aromatic carbocycles. The quantitative estimate of drug-likeness (QED) is 0.842. The van der Waals surface area contributed by atoms with Crippen LogP contribution in [0.25, 0.3) is 11.0 Å². The SMILES string of the molecule is COC(=O)Nc1nc2cc(SCC3CC3)ccc2[nH]1. The number of thioether (sulfide) groups is 1. The summed E-state index contributed by atoms with van der Waals surface area (Å²) in [5.74, 6) is 2.49. The van der Waals surface area contributed by atoms with Crippen LogP contribution >= 0.6 is 11.8 Å². The van der Waals surface area contributed by atoms with E-state index in [9.17, 15) is 4.79 Å². The Morgan fingerprint density at radius 2 is 2.42 bits per heavy atom. The molecule has 1 aromatic heterocycles. The molecular formula is C13H15N3O2S. The minimum atomic E-state index is -0.526. The van der Waals surface area contributed by atoms with Crippen molar-refractivity contribution in [3.63, 3.8) is 0 Å². The average molecular weight is 277 g/mol. The third-order valence-corrected chi connectivity index (χ3v) is 4.27. The fourth-order valence-electron chi connectivity index (χ4n) is 1.78. The zero-order valence-electron chi connectivity index (χ0n) is 10.6. The fraction of sp³-hybridized carbons (Fsp3) is 0.385. The number of rotatable bonds is 4. The highest BCUT2D eigenvalue weighted by atomic mass is 32.2. The summed E-state index contributed by atoms with van der Waals surface area (Å²) in [6, 6.07) is 6.11. The molecule has 2 aromatic rings. The number of carbonyl (C=O) groups excluding carboxylic acids is 1. The fourth-order valence-corrected chi connectivity index (χ4v) is 2.90. The number of H-pyrrole nitrogens is 1. The monoisotopic (exact) mass is 277 g/mol. The van der Waals surface area contributed by atoms with E-state index in [4.69, 9.17) is 0 Å². The summed E-state index contributed by atoms with van der Waals surface area (Å²) < 4.78 is 4.53. The molecule has 2 N–H and O–H groups in total. The maximum atomic E-state index is 11.1. The summed E-state index contributed by atoms with van der Waals surface area (Å²) >= 11 is 1.87. The van der Waals surface area contributed by atoms with E-state index in [-0.39, 0.29) is 0 Å². The number of ether oxygens (including phenoxy) is 1. The van der Waals surface area contributed by atoms with Crippen molar-refractivity contribution in [3.8, 4) is 0 Å². The van der Waals surface area contributed by atoms with E-state index in [1.165, 1.54) is 30.6 Å². The summed E-state index contributed by atoms with van der Waals surface area (Å²) in [6.07, 6.45) is 2.21. The van der Waals surface area contributed by atoms with Crippen LogP contribution in [0.2, 0.25) is 0 Å². The van der Waals surface area contributed by atoms with E-state index in [1.807, 2.05) is 23.9 Å². The zero-order valence-corrected chi connectivity index (χ0v) is 11.4. The molecule has 1 heterocycles. The Morgan fingerprint density at radius 3 is 3.16 bits per heavy atom. The summed E-state index contributed by atoms with van der Waals surface area (Å²) in [4.78, 5) is 19.7. The van der Waals surface area contributed by atoms with Crippen molar-refractivity contribution < 1.29 is 9.53 Å². The van der Waals surface area contributed by atoms with Gasteiger partial charge in [-0.2, -0.15) is 0 Å². The summed E-state index contributed by atoms with van der Waals surface area (Å²) in [7, 11) is 1.32. The maximum Gasteiger partial charge on any atom is 0.413 e. The van der Waals surface area contributed by atoms with Crippen LogP contribution in [0.5, 0.6) is 0 Å². The average Bonchev–Trinajstić information content (AvgIpc) is 3.15. The van der Waals surface area contributed by atoms with Gasteiger partial charge < -0.3 is 9.72 Å². The molecule has 19 heavy (non-hydrogen) atoms. The molecule has 1 aliphatic rings. The largest absolute Gasteiger partial charge is 0.453 e. The van der Waals surface area contributed by atoms with Gasteiger partial charge in [0.2, 0.25) is 5.95 Å². The van der Waals surface area contributed by atoms with Crippen LogP contribution in [-0.2, 0) is 4.74 Å². The highest BCUT2D eigenvalue weighted by Crippen LogP contribution is 2.35. The van der Waals surface area contributed by atoms with Gasteiger partial charge in [0.15, 0.2) is 0 Å². The number of methoxy groups -OCH3 is 1. The Balaban J connectivity index is 1.75. The number of anilines is 1. The van der Waals surface area contributed by atoms with Crippen LogP contribution in [0, 0.1) is 5.92 Å². The van der Waals surface area contributed by atoms with Gasteiger partial charge in [-0.15, -0.1) is 11.8 Å². The second-order valence-electron chi connectivity index (χ2n) is 4.64. The van der Waals surface area contributed by atoms with Gasteiger partial charge in [0.1, 0.15) is 0 Å². The van der Waals surface area contributed by atoms with Gasteiger partial charge in [-0.3, -0.25) is 5.32 Å². The number of aromatic nitrogens is 2. The Bertz CT molecular complexity index is 607. The predicted molar refractivity (Wildman–Crippen MR) is 75.6 cm³/mol. The summed E-state index contributed by atoms with van der Waals surface area (Å²) in [6.45, 7) is 0. The van der Waals surface area contributed by atoms with E-state index >= 15 is 0 Å². The van der Waals surface area contributed by atoms with Crippen molar-refractivity contribution in [2.45, 2.75) is 17.7 Å². The molecule has 5 nitrogen and oxygen atoms in total. The van der Waals surface area contributed by atoms with E-state index in [0.717, 1.165) is 17.0 Å². The van der Waals surface area contributed by atoms with Gasteiger partial charge in [0, 0.05) is 10.6 Å². The van der Waals surface area contributed by atoms with Crippen LogP contribution < -0.4 is 5.32 Å². The van der Waals surface area contributed by atoms with E-state index in [0.29, 0.717) is 5.95 Å². The molecule has 6 heteroatoms. The molecule has 1 saturated carbocycles. The van der Waals surface area contributed by atoms with Crippen LogP contribution in [0.3, 0.4) is 0 Å². The van der Waals surface area contributed by atoms with Gasteiger partial charge in [0.05, 0.1) is 18.1 Å². The molecule has 0 radical (unpaired) electrons. The number of hydrogen-bond acceptors (Lipinski definition) is 4. The standard InChI is InChI=1S/C13H15N3O2S/c1-18-13(17)16-12-14-10-5-4-9(6-11(10)15-12)19-7-8-2-3-8/h4-6,8H,2-3,7H2,1H3,(H2,14,15,16,17). The topological polar surface area (TPSA) is 67.0 Å². The predicted octanol–water partition coefficient (Wildman–Crippen LogP) is 3.24. The van der Waals surface area contributed by atoms with Crippen molar-refractivity contribution in [1.29, 1.82) is 0 Å². The first-order valence-electron chi connectivity index (χ1n) is 6.22. The molecular weight excluding hydrogens is 262 g/mol. The second-order valence-corrected chi connectivity index (χ2v) is 5.73. The smallest absolute Gasteiger partial charge is 0.413 e. The van der Waals surface area contributed by atoms with Crippen LogP contribution in [0.15, 0.2) is 23.1 Å². The van der Waals surface area contributed by atoms with E-state index in [2.05, 4.69) is 26.1 Å². The lowest BCUT2D eigenvalue weighted by molar-refractivity contribution is 0.186. The van der Waals surface area contributed by atoms with Gasteiger partial charge in [0.25, 0.3) is 0 Å². The number of fused-ring (bicyclic) bond motifs is 1. The number of hydrogen-bond donors (Lipinski definition) is 2. The van der Waals surface area contributed by atoms with Crippen molar-refractivity contribution >= 4 is 34.8 Å². The van der Waals surface area contributed by atoms with Crippen molar-refractivity contribution in [2.24, 2.45) is 5.92 Å². The number of benzene rings is 1. The van der Waals surface area contributed by atoms with Gasteiger partial charge >= 0.3 is 6.09 Å². The van der Waals surface area contributed by atoms with Gasteiger partial charge in [-0.1, -0.05) is 0 Å². The van der Waals surface area contributed by atoms with Crippen LogP contribution in [0.4, 0.5) is 10.7 Å². The van der Waals surface area contributed by atoms with Crippen molar-refractivity contribution in [1.82, 2.24) is 9.97 Å². The summed E-state index contributed by atoms with van der Waals surface area (Å²) in [5, 5.41) is 2.53. The number of aromatic amines is 1. The first-order valence-corrected chi connectivity index (χ1v) is 7.20. The van der Waals surface area contributed by atoms with Gasteiger partial charge in [-0.05, 0) is 37.0 Å². The normalized spacial score (nSPS) is 14.6. The second kappa shape index (κ2) is 5.13. The number of carbonyl (C=O) groups is 1.